The number of nitrogens with one attached hydrogen (secondary N) is 1. The van der Waals surface area contributed by atoms with E-state index >= 15 is 0 Å². The Morgan fingerprint density at radius 1 is 1.39 bits per heavy atom. The minimum Gasteiger partial charge on any atom is -0.480 e. The molecule has 102 valence electrons. The van der Waals surface area contributed by atoms with Crippen LogP contribution in [0.1, 0.15) is 46.0 Å². The van der Waals surface area contributed by atoms with Crippen molar-refractivity contribution in [1.29, 1.82) is 0 Å². The van der Waals surface area contributed by atoms with E-state index in [1.165, 1.54) is 0 Å². The first-order valence-electron chi connectivity index (χ1n) is 6.75. The van der Waals surface area contributed by atoms with Crippen molar-refractivity contribution in [3.05, 3.63) is 0 Å². The van der Waals surface area contributed by atoms with Crippen LogP contribution in [0.3, 0.4) is 0 Å². The summed E-state index contributed by atoms with van der Waals surface area (Å²) in [6, 6.07) is -0.0483. The van der Waals surface area contributed by atoms with Crippen molar-refractivity contribution in [2.24, 2.45) is 0 Å². The molecule has 2 N–H and O–H groups in total. The summed E-state index contributed by atoms with van der Waals surface area (Å²) < 4.78 is 0. The van der Waals surface area contributed by atoms with Crippen LogP contribution in [0.25, 0.3) is 0 Å². The molecule has 0 aromatic carbocycles. The second-order valence-electron chi connectivity index (χ2n) is 5.69. The highest BCUT2D eigenvalue weighted by molar-refractivity contribution is 5.84. The highest BCUT2D eigenvalue weighted by Crippen LogP contribution is 2.30. The van der Waals surface area contributed by atoms with Crippen LogP contribution in [0.2, 0.25) is 0 Å². The van der Waals surface area contributed by atoms with Gasteiger partial charge >= 0.3 is 5.97 Å². The van der Waals surface area contributed by atoms with Gasteiger partial charge in [-0.05, 0) is 46.0 Å². The third-order valence-corrected chi connectivity index (χ3v) is 4.18. The van der Waals surface area contributed by atoms with Crippen LogP contribution in [0.15, 0.2) is 0 Å². The summed E-state index contributed by atoms with van der Waals surface area (Å²) in [6.45, 7) is 4.22. The largest absolute Gasteiger partial charge is 0.480 e. The van der Waals surface area contributed by atoms with Crippen molar-refractivity contribution in [3.8, 4) is 0 Å². The summed E-state index contributed by atoms with van der Waals surface area (Å²) in [5.74, 6) is -0.861. The number of carbonyl (C=O) groups excluding carboxylic acids is 1. The van der Waals surface area contributed by atoms with Crippen molar-refractivity contribution in [2.45, 2.75) is 63.6 Å². The van der Waals surface area contributed by atoms with E-state index in [2.05, 4.69) is 5.32 Å². The van der Waals surface area contributed by atoms with Gasteiger partial charge in [0.15, 0.2) is 0 Å². The number of amides is 1. The smallest absolute Gasteiger partial charge is 0.323 e. The molecule has 2 aliphatic rings. The Morgan fingerprint density at radius 2 is 2.06 bits per heavy atom. The van der Waals surface area contributed by atoms with Gasteiger partial charge < -0.3 is 10.4 Å². The summed E-state index contributed by atoms with van der Waals surface area (Å²) in [7, 11) is 0. The molecule has 5 heteroatoms. The van der Waals surface area contributed by atoms with Crippen LogP contribution in [0, 0.1) is 0 Å². The van der Waals surface area contributed by atoms with Crippen molar-refractivity contribution >= 4 is 11.9 Å². The van der Waals surface area contributed by atoms with Gasteiger partial charge in [0.1, 0.15) is 5.54 Å². The molecule has 2 atom stereocenters. The van der Waals surface area contributed by atoms with E-state index in [0.717, 1.165) is 25.7 Å². The molecule has 1 saturated carbocycles. The lowest BCUT2D eigenvalue weighted by Gasteiger charge is -2.44. The molecule has 0 aromatic heterocycles. The van der Waals surface area contributed by atoms with Crippen molar-refractivity contribution in [2.75, 3.05) is 6.54 Å². The zero-order valence-corrected chi connectivity index (χ0v) is 11.1. The van der Waals surface area contributed by atoms with Crippen molar-refractivity contribution in [3.63, 3.8) is 0 Å². The highest BCUT2D eigenvalue weighted by Gasteiger charge is 2.45. The maximum absolute atomic E-state index is 12.1. The molecule has 0 spiro atoms. The molecule has 2 fully saturated rings. The number of rotatable bonds is 4. The fourth-order valence-electron chi connectivity index (χ4n) is 2.68. The number of carboxylic acids is 1. The SMILES string of the molecule is CC(C(=O)NC1CC1)N1CCCCC1(C)C(=O)O. The normalized spacial score (nSPS) is 30.8. The predicted molar refractivity (Wildman–Crippen MR) is 67.2 cm³/mol. The fraction of sp³-hybridized carbons (Fsp3) is 0.846. The molecule has 0 radical (unpaired) electrons. The van der Waals surface area contributed by atoms with Gasteiger partial charge in [-0.1, -0.05) is 0 Å². The lowest BCUT2D eigenvalue weighted by molar-refractivity contribution is -0.156. The lowest BCUT2D eigenvalue weighted by Crippen LogP contribution is -2.61. The molecule has 18 heavy (non-hydrogen) atoms. The number of carboxylic acid groups (broad SMARTS) is 1. The fourth-order valence-corrected chi connectivity index (χ4v) is 2.68. The Kier molecular flexibility index (Phi) is 3.61. The average Bonchev–Trinajstić information content (AvgIpc) is 3.12. The summed E-state index contributed by atoms with van der Waals surface area (Å²) in [5, 5.41) is 12.4. The van der Waals surface area contributed by atoms with Crippen LogP contribution in [-0.4, -0.2) is 46.1 Å². The second-order valence-corrected chi connectivity index (χ2v) is 5.69. The number of carbonyl (C=O) groups is 2. The molecule has 1 heterocycles. The molecule has 0 aromatic rings. The van der Waals surface area contributed by atoms with Crippen LogP contribution in [0.5, 0.6) is 0 Å². The van der Waals surface area contributed by atoms with Gasteiger partial charge in [0.2, 0.25) is 5.91 Å². The maximum Gasteiger partial charge on any atom is 0.323 e. The van der Waals surface area contributed by atoms with Gasteiger partial charge in [0.25, 0.3) is 0 Å². The third-order valence-electron chi connectivity index (χ3n) is 4.18. The minimum atomic E-state index is -0.904. The van der Waals surface area contributed by atoms with Gasteiger partial charge in [0, 0.05) is 12.6 Å². The number of likely N-dealkylation sites (tertiary alicyclic amines) is 1. The Hall–Kier alpha value is -1.10. The topological polar surface area (TPSA) is 69.6 Å². The Balaban J connectivity index is 2.07. The monoisotopic (exact) mass is 254 g/mol. The molecule has 0 bridgehead atoms. The van der Waals surface area contributed by atoms with Gasteiger partial charge in [-0.2, -0.15) is 0 Å². The number of hydrogen-bond donors (Lipinski definition) is 2. The van der Waals surface area contributed by atoms with E-state index in [-0.39, 0.29) is 11.9 Å². The van der Waals surface area contributed by atoms with Crippen molar-refractivity contribution in [1.82, 2.24) is 10.2 Å². The number of aliphatic carboxylic acids is 1. The molecule has 1 saturated heterocycles. The number of nitrogens with zero attached hydrogens (tertiary/aromatic N) is 1. The zero-order valence-electron chi connectivity index (χ0n) is 11.1. The molecule has 1 aliphatic heterocycles. The number of hydrogen-bond acceptors (Lipinski definition) is 3. The summed E-state index contributed by atoms with van der Waals surface area (Å²) >= 11 is 0. The van der Waals surface area contributed by atoms with E-state index in [1.54, 1.807) is 6.92 Å². The van der Waals surface area contributed by atoms with E-state index in [4.69, 9.17) is 0 Å². The molecule has 1 aliphatic carbocycles. The van der Waals surface area contributed by atoms with E-state index in [0.29, 0.717) is 19.0 Å². The Morgan fingerprint density at radius 3 is 2.61 bits per heavy atom. The molecule has 2 unspecified atom stereocenters. The highest BCUT2D eigenvalue weighted by atomic mass is 16.4. The maximum atomic E-state index is 12.1. The van der Waals surface area contributed by atoms with E-state index in [9.17, 15) is 14.7 Å². The van der Waals surface area contributed by atoms with Gasteiger partial charge in [-0.25, -0.2) is 0 Å². The van der Waals surface area contributed by atoms with Crippen molar-refractivity contribution < 1.29 is 14.7 Å². The first-order valence-corrected chi connectivity index (χ1v) is 6.75. The van der Waals surface area contributed by atoms with E-state index in [1.807, 2.05) is 11.8 Å². The van der Waals surface area contributed by atoms with Crippen LogP contribution in [0.4, 0.5) is 0 Å². The molecular weight excluding hydrogens is 232 g/mol. The van der Waals surface area contributed by atoms with E-state index < -0.39 is 11.5 Å². The zero-order chi connectivity index (χ0) is 13.3. The first-order chi connectivity index (χ1) is 8.45. The third kappa shape index (κ3) is 2.51. The average molecular weight is 254 g/mol. The first kappa shape index (κ1) is 13.3. The Bertz CT molecular complexity index is 354. The molecule has 5 nitrogen and oxygen atoms in total. The standard InChI is InChI=1S/C13H22N2O3/c1-9(11(16)14-10-5-6-10)15-8-4-3-7-13(15,2)12(17)18/h9-10H,3-8H2,1-2H3,(H,14,16)(H,17,18). The number of piperidine rings is 1. The van der Waals surface area contributed by atoms with Gasteiger partial charge in [-0.3, -0.25) is 14.5 Å². The van der Waals surface area contributed by atoms with Crippen LogP contribution >= 0.6 is 0 Å². The van der Waals surface area contributed by atoms with Gasteiger partial charge in [-0.15, -0.1) is 0 Å². The van der Waals surface area contributed by atoms with Crippen LogP contribution in [-0.2, 0) is 9.59 Å². The van der Waals surface area contributed by atoms with Gasteiger partial charge in [0.05, 0.1) is 6.04 Å². The predicted octanol–water partition coefficient (Wildman–Crippen LogP) is 0.983. The minimum absolute atomic E-state index is 0.0353. The second kappa shape index (κ2) is 4.88. The quantitative estimate of drug-likeness (QED) is 0.784. The molecule has 2 rings (SSSR count). The lowest BCUT2D eigenvalue weighted by atomic mass is 9.87. The molecule has 1 amide bonds. The summed E-state index contributed by atoms with van der Waals surface area (Å²) in [4.78, 5) is 25.4. The van der Waals surface area contributed by atoms with Crippen LogP contribution < -0.4 is 5.32 Å². The Labute approximate surface area is 108 Å². The molecular formula is C13H22N2O3. The summed E-state index contributed by atoms with van der Waals surface area (Å²) in [6.07, 6.45) is 4.59. The summed E-state index contributed by atoms with van der Waals surface area (Å²) in [5.41, 5.74) is -0.904.